The summed E-state index contributed by atoms with van der Waals surface area (Å²) in [4.78, 5) is 14.7. The van der Waals surface area contributed by atoms with E-state index >= 15 is 0 Å². The SMILES string of the molecule is COc1ccc(Cl)cc1N(CC(=O)N1c2ccccc2C[C@H]1C)S(C)(=O)=O. The van der Waals surface area contributed by atoms with Gasteiger partial charge in [-0.25, -0.2) is 8.42 Å². The molecule has 0 saturated heterocycles. The molecule has 0 radical (unpaired) electrons. The molecule has 0 unspecified atom stereocenters. The van der Waals surface area contributed by atoms with Crippen LogP contribution in [0.2, 0.25) is 5.02 Å². The molecule has 1 heterocycles. The number of amides is 1. The summed E-state index contributed by atoms with van der Waals surface area (Å²) in [6.07, 6.45) is 1.79. The Morgan fingerprint density at radius 2 is 2.00 bits per heavy atom. The van der Waals surface area contributed by atoms with Crippen molar-refractivity contribution in [3.63, 3.8) is 0 Å². The van der Waals surface area contributed by atoms with E-state index in [4.69, 9.17) is 16.3 Å². The van der Waals surface area contributed by atoms with Crippen molar-refractivity contribution >= 4 is 38.9 Å². The molecule has 0 aromatic heterocycles. The van der Waals surface area contributed by atoms with Crippen molar-refractivity contribution in [2.75, 3.05) is 29.1 Å². The van der Waals surface area contributed by atoms with Gasteiger partial charge < -0.3 is 9.64 Å². The van der Waals surface area contributed by atoms with Crippen LogP contribution >= 0.6 is 11.6 Å². The molecule has 0 fully saturated rings. The Bertz CT molecular complexity index is 977. The number of hydrogen-bond acceptors (Lipinski definition) is 4. The van der Waals surface area contributed by atoms with Crippen LogP contribution in [0.15, 0.2) is 42.5 Å². The molecular formula is C19H21ClN2O4S. The first-order valence-corrected chi connectivity index (χ1v) is 10.7. The second-order valence-electron chi connectivity index (χ2n) is 6.53. The van der Waals surface area contributed by atoms with Gasteiger partial charge in [0.2, 0.25) is 15.9 Å². The largest absolute Gasteiger partial charge is 0.495 e. The lowest BCUT2D eigenvalue weighted by molar-refractivity contribution is -0.117. The number of methoxy groups -OCH3 is 1. The molecule has 6 nitrogen and oxygen atoms in total. The highest BCUT2D eigenvalue weighted by Crippen LogP contribution is 2.35. The second kappa shape index (κ2) is 7.40. The van der Waals surface area contributed by atoms with Crippen LogP contribution < -0.4 is 13.9 Å². The van der Waals surface area contributed by atoms with E-state index in [9.17, 15) is 13.2 Å². The van der Waals surface area contributed by atoms with E-state index in [0.29, 0.717) is 10.8 Å². The third-order valence-electron chi connectivity index (χ3n) is 4.56. The van der Waals surface area contributed by atoms with E-state index in [1.54, 1.807) is 17.0 Å². The van der Waals surface area contributed by atoms with Crippen molar-refractivity contribution in [1.29, 1.82) is 0 Å². The van der Waals surface area contributed by atoms with Crippen LogP contribution in [0.5, 0.6) is 5.75 Å². The van der Waals surface area contributed by atoms with Gasteiger partial charge in [0.15, 0.2) is 0 Å². The van der Waals surface area contributed by atoms with Crippen LogP contribution in [0.25, 0.3) is 0 Å². The number of anilines is 2. The van der Waals surface area contributed by atoms with Crippen LogP contribution in [-0.2, 0) is 21.2 Å². The molecule has 0 saturated carbocycles. The molecule has 0 bridgehead atoms. The number of carbonyl (C=O) groups is 1. The summed E-state index contributed by atoms with van der Waals surface area (Å²) in [6.45, 7) is 1.61. The number of fused-ring (bicyclic) bond motifs is 1. The van der Waals surface area contributed by atoms with Crippen molar-refractivity contribution in [2.24, 2.45) is 0 Å². The molecule has 1 amide bonds. The number of rotatable bonds is 5. The fraction of sp³-hybridized carbons (Fsp3) is 0.316. The summed E-state index contributed by atoms with van der Waals surface area (Å²) < 4.78 is 31.2. The number of ether oxygens (including phenoxy) is 1. The molecule has 2 aromatic carbocycles. The van der Waals surface area contributed by atoms with Gasteiger partial charge in [0, 0.05) is 16.8 Å². The maximum absolute atomic E-state index is 13.1. The summed E-state index contributed by atoms with van der Waals surface area (Å²) in [5.41, 5.74) is 2.13. The highest BCUT2D eigenvalue weighted by Gasteiger charge is 2.33. The third-order valence-corrected chi connectivity index (χ3v) is 5.93. The minimum Gasteiger partial charge on any atom is -0.495 e. The van der Waals surface area contributed by atoms with Gasteiger partial charge in [0.05, 0.1) is 19.1 Å². The Morgan fingerprint density at radius 1 is 1.30 bits per heavy atom. The first-order valence-electron chi connectivity index (χ1n) is 8.43. The first kappa shape index (κ1) is 19.5. The molecule has 1 aliphatic heterocycles. The van der Waals surface area contributed by atoms with Gasteiger partial charge in [-0.15, -0.1) is 0 Å². The Morgan fingerprint density at radius 3 is 2.67 bits per heavy atom. The van der Waals surface area contributed by atoms with E-state index in [-0.39, 0.29) is 24.2 Å². The molecular weight excluding hydrogens is 388 g/mol. The summed E-state index contributed by atoms with van der Waals surface area (Å²) >= 11 is 6.05. The fourth-order valence-electron chi connectivity index (χ4n) is 3.38. The lowest BCUT2D eigenvalue weighted by Gasteiger charge is -2.28. The van der Waals surface area contributed by atoms with Gasteiger partial charge in [-0.2, -0.15) is 0 Å². The van der Waals surface area contributed by atoms with Crippen LogP contribution in [0.4, 0.5) is 11.4 Å². The van der Waals surface area contributed by atoms with E-state index in [0.717, 1.165) is 28.2 Å². The van der Waals surface area contributed by atoms with Gasteiger partial charge >= 0.3 is 0 Å². The average Bonchev–Trinajstić information content (AvgIpc) is 2.94. The summed E-state index contributed by atoms with van der Waals surface area (Å²) in [5, 5.41) is 0.354. The quantitative estimate of drug-likeness (QED) is 0.762. The van der Waals surface area contributed by atoms with Gasteiger partial charge in [0.25, 0.3) is 0 Å². The predicted octanol–water partition coefficient (Wildman–Crippen LogP) is 3.09. The zero-order valence-corrected chi connectivity index (χ0v) is 16.9. The van der Waals surface area contributed by atoms with Gasteiger partial charge in [-0.3, -0.25) is 9.10 Å². The third kappa shape index (κ3) is 3.89. The van der Waals surface area contributed by atoms with Crippen LogP contribution in [0, 0.1) is 0 Å². The van der Waals surface area contributed by atoms with E-state index in [2.05, 4.69) is 0 Å². The molecule has 0 N–H and O–H groups in total. The zero-order chi connectivity index (χ0) is 19.8. The normalized spacial score (nSPS) is 16.1. The standard InChI is InChI=1S/C19H21ClN2O4S/c1-13-10-14-6-4-5-7-16(14)22(13)19(23)12-21(27(3,24)25)17-11-15(20)8-9-18(17)26-2/h4-9,11,13H,10,12H2,1-3H3/t13-/m1/s1. The van der Waals surface area contributed by atoms with Gasteiger partial charge in [-0.05, 0) is 43.2 Å². The molecule has 1 atom stereocenters. The number of nitrogens with zero attached hydrogens (tertiary/aromatic N) is 2. The molecule has 27 heavy (non-hydrogen) atoms. The average molecular weight is 409 g/mol. The van der Waals surface area contributed by atoms with E-state index in [1.165, 1.54) is 13.2 Å². The minimum atomic E-state index is -3.74. The van der Waals surface area contributed by atoms with Crippen molar-refractivity contribution < 1.29 is 17.9 Å². The highest BCUT2D eigenvalue weighted by molar-refractivity contribution is 7.92. The van der Waals surface area contributed by atoms with E-state index in [1.807, 2.05) is 31.2 Å². The Kier molecular flexibility index (Phi) is 5.35. The maximum atomic E-state index is 13.1. The minimum absolute atomic E-state index is 0.0439. The molecule has 1 aliphatic rings. The number of hydrogen-bond donors (Lipinski definition) is 0. The molecule has 8 heteroatoms. The van der Waals surface area contributed by atoms with Crippen molar-refractivity contribution in [3.05, 3.63) is 53.1 Å². The molecule has 0 spiro atoms. The number of para-hydroxylation sites is 1. The molecule has 3 rings (SSSR count). The number of benzene rings is 2. The maximum Gasteiger partial charge on any atom is 0.248 e. The van der Waals surface area contributed by atoms with Crippen LogP contribution in [-0.4, -0.2) is 40.3 Å². The Hall–Kier alpha value is -2.25. The number of carbonyl (C=O) groups excluding carboxylic acids is 1. The van der Waals surface area contributed by atoms with Crippen molar-refractivity contribution in [3.8, 4) is 5.75 Å². The Labute approximate surface area is 164 Å². The first-order chi connectivity index (χ1) is 12.7. The topological polar surface area (TPSA) is 66.9 Å². The van der Waals surface area contributed by atoms with Crippen molar-refractivity contribution in [2.45, 2.75) is 19.4 Å². The van der Waals surface area contributed by atoms with Gasteiger partial charge in [0.1, 0.15) is 12.3 Å². The smallest absolute Gasteiger partial charge is 0.248 e. The molecule has 144 valence electrons. The molecule has 0 aliphatic carbocycles. The van der Waals surface area contributed by atoms with Crippen molar-refractivity contribution in [1.82, 2.24) is 0 Å². The Balaban J connectivity index is 1.98. The van der Waals surface area contributed by atoms with Crippen LogP contribution in [0.1, 0.15) is 12.5 Å². The lowest BCUT2D eigenvalue weighted by Crippen LogP contribution is -2.45. The summed E-state index contributed by atoms with van der Waals surface area (Å²) in [7, 11) is -2.30. The number of sulfonamides is 1. The monoisotopic (exact) mass is 408 g/mol. The van der Waals surface area contributed by atoms with Gasteiger partial charge in [-0.1, -0.05) is 29.8 Å². The molecule has 2 aromatic rings. The number of halogens is 1. The van der Waals surface area contributed by atoms with Crippen LogP contribution in [0.3, 0.4) is 0 Å². The summed E-state index contributed by atoms with van der Waals surface area (Å²) in [5.74, 6) is 0.0207. The summed E-state index contributed by atoms with van der Waals surface area (Å²) in [6, 6.07) is 12.3. The zero-order valence-electron chi connectivity index (χ0n) is 15.3. The fourth-order valence-corrected chi connectivity index (χ4v) is 4.40. The second-order valence-corrected chi connectivity index (χ2v) is 8.87. The highest BCUT2D eigenvalue weighted by atomic mass is 35.5. The lowest BCUT2D eigenvalue weighted by atomic mass is 10.1. The van der Waals surface area contributed by atoms with E-state index < -0.39 is 10.0 Å². The predicted molar refractivity (Wildman–Crippen MR) is 107 cm³/mol.